The van der Waals surface area contributed by atoms with Crippen LogP contribution in [0.25, 0.3) is 0 Å². The first kappa shape index (κ1) is 15.6. The van der Waals surface area contributed by atoms with Crippen LogP contribution in [0, 0.1) is 10.4 Å². The molecule has 2 unspecified atom stereocenters. The summed E-state index contributed by atoms with van der Waals surface area (Å²) in [4.78, 5) is 13.7. The van der Waals surface area contributed by atoms with Crippen LogP contribution in [0.1, 0.15) is 19.3 Å². The molecular weight excluding hydrogens is 280 g/mol. The third-order valence-corrected chi connectivity index (χ3v) is 3.32. The van der Waals surface area contributed by atoms with Gasteiger partial charge >= 0.3 is 6.03 Å². The summed E-state index contributed by atoms with van der Waals surface area (Å²) in [5.41, 5.74) is -0.185. The van der Waals surface area contributed by atoms with E-state index in [1.807, 2.05) is 0 Å². The molecule has 9 heteroatoms. The molecule has 0 saturated carbocycles. The maximum absolute atomic E-state index is 12.0. The summed E-state index contributed by atoms with van der Waals surface area (Å²) in [6, 6.07) is 3.21. The van der Waals surface area contributed by atoms with Crippen molar-refractivity contribution in [2.75, 3.05) is 18.4 Å². The number of likely N-dealkylation sites (tertiary alicyclic amines) is 1. The molecule has 1 aliphatic heterocycles. The Labute approximate surface area is 121 Å². The molecule has 1 aromatic carbocycles. The number of piperidine rings is 1. The van der Waals surface area contributed by atoms with E-state index >= 15 is 0 Å². The third-order valence-electron chi connectivity index (χ3n) is 3.32. The van der Waals surface area contributed by atoms with Gasteiger partial charge in [-0.3, -0.25) is 0 Å². The zero-order valence-corrected chi connectivity index (χ0v) is 11.3. The number of hydrogen-bond acceptors (Lipinski definition) is 5. The molecule has 9 nitrogen and oxygen atoms in total. The molecular formula is C12H18N4O5. The van der Waals surface area contributed by atoms with Crippen LogP contribution in [0.4, 0.5) is 21.9 Å². The summed E-state index contributed by atoms with van der Waals surface area (Å²) < 4.78 is 0. The van der Waals surface area contributed by atoms with Crippen LogP contribution < -0.4 is 15.8 Å². The van der Waals surface area contributed by atoms with Crippen molar-refractivity contribution >= 4 is 23.1 Å². The molecule has 0 radical (unpaired) electrons. The van der Waals surface area contributed by atoms with Crippen LogP contribution in [0.3, 0.4) is 0 Å². The second-order valence-corrected chi connectivity index (χ2v) is 4.89. The summed E-state index contributed by atoms with van der Waals surface area (Å²) >= 11 is 0. The number of anilines is 1. The summed E-state index contributed by atoms with van der Waals surface area (Å²) in [5.74, 6) is 0. The van der Waals surface area contributed by atoms with Crippen LogP contribution in [0.2, 0.25) is 0 Å². The Morgan fingerprint density at radius 3 is 2.05 bits per heavy atom. The van der Waals surface area contributed by atoms with Gasteiger partial charge in [-0.2, -0.15) is 10.5 Å². The van der Waals surface area contributed by atoms with Gasteiger partial charge in [-0.25, -0.2) is 15.2 Å². The lowest BCUT2D eigenvalue weighted by atomic mass is 10.1. The van der Waals surface area contributed by atoms with Gasteiger partial charge in [0.2, 0.25) is 0 Å². The lowest BCUT2D eigenvalue weighted by Gasteiger charge is -2.27. The minimum absolute atomic E-state index is 0.169. The Bertz CT molecular complexity index is 476. The highest BCUT2D eigenvalue weighted by atomic mass is 16.8. The van der Waals surface area contributed by atoms with Crippen LogP contribution >= 0.6 is 0 Å². The highest BCUT2D eigenvalue weighted by molar-refractivity contribution is 5.90. The number of rotatable bonds is 3. The normalized spacial score (nSPS) is 18.2. The van der Waals surface area contributed by atoms with Gasteiger partial charge in [-0.1, -0.05) is 0 Å². The Morgan fingerprint density at radius 2 is 1.57 bits per heavy atom. The Kier molecular flexibility index (Phi) is 5.07. The molecule has 0 bridgehead atoms. The largest absolute Gasteiger partial charge is 0.595 e. The van der Waals surface area contributed by atoms with Crippen molar-refractivity contribution in [3.8, 4) is 0 Å². The van der Waals surface area contributed by atoms with Crippen molar-refractivity contribution in [3.63, 3.8) is 0 Å². The lowest BCUT2D eigenvalue weighted by molar-refractivity contribution is -0.996. The molecule has 1 saturated heterocycles. The first-order valence-corrected chi connectivity index (χ1v) is 6.65. The molecule has 0 aliphatic carbocycles. The first-order chi connectivity index (χ1) is 9.97. The molecule has 116 valence electrons. The number of nitrogens with zero attached hydrogens (tertiary/aromatic N) is 1. The van der Waals surface area contributed by atoms with E-state index in [9.17, 15) is 15.2 Å². The van der Waals surface area contributed by atoms with Gasteiger partial charge in [0.25, 0.3) is 0 Å². The number of quaternary nitrogens is 2. The maximum Gasteiger partial charge on any atom is 0.321 e. The maximum atomic E-state index is 12.0. The average Bonchev–Trinajstić information content (AvgIpc) is 2.47. The van der Waals surface area contributed by atoms with Crippen LogP contribution in [0.5, 0.6) is 0 Å². The van der Waals surface area contributed by atoms with Gasteiger partial charge < -0.3 is 20.6 Å². The van der Waals surface area contributed by atoms with E-state index in [4.69, 9.17) is 10.4 Å². The molecule has 0 aromatic heterocycles. The van der Waals surface area contributed by atoms with Gasteiger partial charge in [0, 0.05) is 25.2 Å². The molecule has 1 fully saturated rings. The van der Waals surface area contributed by atoms with E-state index in [-0.39, 0.29) is 23.1 Å². The molecule has 1 aliphatic rings. The third kappa shape index (κ3) is 4.11. The number of carbonyl (C=O) groups is 1. The average molecular weight is 298 g/mol. The molecule has 2 amide bonds. The second kappa shape index (κ2) is 6.80. The monoisotopic (exact) mass is 298 g/mol. The summed E-state index contributed by atoms with van der Waals surface area (Å²) in [6.45, 7) is 1.30. The fourth-order valence-electron chi connectivity index (χ4n) is 2.25. The second-order valence-electron chi connectivity index (χ2n) is 4.89. The fraction of sp³-hybridized carbons (Fsp3) is 0.417. The van der Waals surface area contributed by atoms with Crippen molar-refractivity contribution in [2.24, 2.45) is 0 Å². The first-order valence-electron chi connectivity index (χ1n) is 6.65. The smallest absolute Gasteiger partial charge is 0.321 e. The number of nitrogens with one attached hydrogen (secondary N) is 3. The van der Waals surface area contributed by atoms with E-state index in [1.54, 1.807) is 4.90 Å². The lowest BCUT2D eigenvalue weighted by Crippen LogP contribution is -3.00. The number of amides is 2. The summed E-state index contributed by atoms with van der Waals surface area (Å²) in [7, 11) is 0. The van der Waals surface area contributed by atoms with Gasteiger partial charge in [-0.05, 0) is 19.3 Å². The zero-order chi connectivity index (χ0) is 15.4. The standard InChI is InChI=1S/C12H18N4O5/c17-12(14-4-2-1-3-5-14)13-9-6-10(15(18)19)8-11(7-9)16(20)21/h6-8,15-16,18,20H,1-5H2,(H,13,17). The number of benzene rings is 1. The molecule has 2 rings (SSSR count). The van der Waals surface area contributed by atoms with Crippen LogP contribution in [0.15, 0.2) is 18.2 Å². The minimum Gasteiger partial charge on any atom is -0.595 e. The Morgan fingerprint density at radius 1 is 1.05 bits per heavy atom. The number of urea groups is 1. The van der Waals surface area contributed by atoms with Crippen molar-refractivity contribution in [1.29, 1.82) is 0 Å². The molecule has 0 spiro atoms. The van der Waals surface area contributed by atoms with Crippen LogP contribution in [-0.4, -0.2) is 34.4 Å². The molecule has 5 N–H and O–H groups in total. The molecule has 2 atom stereocenters. The predicted molar refractivity (Wildman–Crippen MR) is 72.4 cm³/mol. The van der Waals surface area contributed by atoms with Crippen molar-refractivity contribution < 1.29 is 25.7 Å². The Balaban J connectivity index is 2.16. The molecule has 1 heterocycles. The topological polar surface area (TPSA) is 128 Å². The summed E-state index contributed by atoms with van der Waals surface area (Å²) in [6.07, 6.45) is 2.95. The van der Waals surface area contributed by atoms with Gasteiger partial charge in [-0.15, -0.1) is 0 Å². The van der Waals surface area contributed by atoms with Gasteiger partial charge in [0.1, 0.15) is 0 Å². The highest BCUT2D eigenvalue weighted by Gasteiger charge is 2.18. The molecule has 21 heavy (non-hydrogen) atoms. The SMILES string of the molecule is O=C(Nc1cc([NH+]([O-])O)cc([NH+]([O-])O)c1)N1CCCCC1. The predicted octanol–water partition coefficient (Wildman–Crippen LogP) is -0.489. The molecule has 1 aromatic rings. The van der Waals surface area contributed by atoms with Gasteiger partial charge in [0.05, 0.1) is 11.8 Å². The quantitative estimate of drug-likeness (QED) is 0.481. The highest BCUT2D eigenvalue weighted by Crippen LogP contribution is 2.19. The van der Waals surface area contributed by atoms with E-state index in [2.05, 4.69) is 5.32 Å². The van der Waals surface area contributed by atoms with Crippen molar-refractivity contribution in [2.45, 2.75) is 19.3 Å². The van der Waals surface area contributed by atoms with E-state index in [0.717, 1.165) is 25.3 Å². The number of hydrogen-bond donors (Lipinski definition) is 5. The van der Waals surface area contributed by atoms with Crippen molar-refractivity contribution in [3.05, 3.63) is 28.6 Å². The fourth-order valence-corrected chi connectivity index (χ4v) is 2.25. The van der Waals surface area contributed by atoms with Crippen LogP contribution in [-0.2, 0) is 0 Å². The van der Waals surface area contributed by atoms with Crippen molar-refractivity contribution in [1.82, 2.24) is 4.90 Å². The Hall–Kier alpha value is -1.75. The number of carbonyl (C=O) groups excluding carboxylic acids is 1. The zero-order valence-electron chi connectivity index (χ0n) is 11.3. The summed E-state index contributed by atoms with van der Waals surface area (Å²) in [5, 5.41) is 40.0. The van der Waals surface area contributed by atoms with Gasteiger partial charge in [0.15, 0.2) is 11.4 Å². The minimum atomic E-state index is -1.24. The van der Waals surface area contributed by atoms with E-state index in [0.29, 0.717) is 13.1 Å². The van der Waals surface area contributed by atoms with E-state index < -0.39 is 10.5 Å². The van der Waals surface area contributed by atoms with E-state index in [1.165, 1.54) is 12.1 Å².